The SMILES string of the molecule is CC(NC(=O)CN1CCCNCC1)c1ccccc1Br. The van der Waals surface area contributed by atoms with E-state index in [0.29, 0.717) is 6.54 Å². The molecule has 1 aliphatic rings. The Morgan fingerprint density at radius 3 is 3.00 bits per heavy atom. The highest BCUT2D eigenvalue weighted by molar-refractivity contribution is 9.10. The normalized spacial score (nSPS) is 18.3. The summed E-state index contributed by atoms with van der Waals surface area (Å²) in [6, 6.07) is 8.02. The van der Waals surface area contributed by atoms with Gasteiger partial charge in [0.2, 0.25) is 5.91 Å². The van der Waals surface area contributed by atoms with Crippen LogP contribution in [0.1, 0.15) is 24.9 Å². The van der Waals surface area contributed by atoms with Crippen molar-refractivity contribution < 1.29 is 4.79 Å². The smallest absolute Gasteiger partial charge is 0.234 e. The predicted octanol–water partition coefficient (Wildman–Crippen LogP) is 1.92. The number of nitrogens with one attached hydrogen (secondary N) is 2. The minimum Gasteiger partial charge on any atom is -0.348 e. The molecular formula is C15H22BrN3O. The van der Waals surface area contributed by atoms with E-state index >= 15 is 0 Å². The summed E-state index contributed by atoms with van der Waals surface area (Å²) in [7, 11) is 0. The van der Waals surface area contributed by atoms with E-state index in [1.807, 2.05) is 31.2 Å². The van der Waals surface area contributed by atoms with Crippen molar-refractivity contribution in [3.05, 3.63) is 34.3 Å². The van der Waals surface area contributed by atoms with Gasteiger partial charge in [0, 0.05) is 17.6 Å². The van der Waals surface area contributed by atoms with E-state index in [0.717, 1.165) is 42.6 Å². The first-order valence-corrected chi connectivity index (χ1v) is 7.93. The summed E-state index contributed by atoms with van der Waals surface area (Å²) in [5, 5.41) is 6.42. The van der Waals surface area contributed by atoms with E-state index in [4.69, 9.17) is 0 Å². The van der Waals surface area contributed by atoms with Crippen LogP contribution in [0.2, 0.25) is 0 Å². The lowest BCUT2D eigenvalue weighted by atomic mass is 10.1. The van der Waals surface area contributed by atoms with Crippen molar-refractivity contribution in [2.75, 3.05) is 32.7 Å². The zero-order chi connectivity index (χ0) is 14.4. The maximum absolute atomic E-state index is 12.1. The van der Waals surface area contributed by atoms with Gasteiger partial charge >= 0.3 is 0 Å². The Morgan fingerprint density at radius 2 is 2.20 bits per heavy atom. The summed E-state index contributed by atoms with van der Waals surface area (Å²) in [6.07, 6.45) is 1.10. The van der Waals surface area contributed by atoms with E-state index in [2.05, 4.69) is 31.5 Å². The number of hydrogen-bond donors (Lipinski definition) is 2. The second-order valence-electron chi connectivity index (χ2n) is 5.19. The Labute approximate surface area is 129 Å². The third-order valence-electron chi connectivity index (χ3n) is 3.55. The van der Waals surface area contributed by atoms with Gasteiger partial charge in [-0.1, -0.05) is 34.1 Å². The summed E-state index contributed by atoms with van der Waals surface area (Å²) < 4.78 is 1.03. The standard InChI is InChI=1S/C15H22BrN3O/c1-12(13-5-2-3-6-14(13)16)18-15(20)11-19-9-4-7-17-8-10-19/h2-3,5-6,12,17H,4,7-11H2,1H3,(H,18,20). The number of carbonyl (C=O) groups is 1. The molecular weight excluding hydrogens is 318 g/mol. The number of nitrogens with zero attached hydrogens (tertiary/aromatic N) is 1. The number of carbonyl (C=O) groups excluding carboxylic acids is 1. The molecule has 0 aromatic heterocycles. The van der Waals surface area contributed by atoms with Crippen LogP contribution >= 0.6 is 15.9 Å². The molecule has 1 aliphatic heterocycles. The van der Waals surface area contributed by atoms with Crippen LogP contribution in [0.25, 0.3) is 0 Å². The second kappa shape index (κ2) is 7.76. The summed E-state index contributed by atoms with van der Waals surface area (Å²) >= 11 is 3.53. The zero-order valence-electron chi connectivity index (χ0n) is 11.9. The van der Waals surface area contributed by atoms with Crippen LogP contribution in [-0.2, 0) is 4.79 Å². The zero-order valence-corrected chi connectivity index (χ0v) is 13.4. The van der Waals surface area contributed by atoms with Crippen molar-refractivity contribution in [2.24, 2.45) is 0 Å². The average molecular weight is 340 g/mol. The van der Waals surface area contributed by atoms with Crippen molar-refractivity contribution in [1.82, 2.24) is 15.5 Å². The molecule has 0 aliphatic carbocycles. The minimum absolute atomic E-state index is 0.0168. The molecule has 1 amide bonds. The van der Waals surface area contributed by atoms with Crippen molar-refractivity contribution in [3.63, 3.8) is 0 Å². The Hall–Kier alpha value is -0.910. The summed E-state index contributed by atoms with van der Waals surface area (Å²) in [6.45, 7) is 6.44. The largest absolute Gasteiger partial charge is 0.348 e. The van der Waals surface area contributed by atoms with Crippen molar-refractivity contribution in [2.45, 2.75) is 19.4 Å². The molecule has 1 heterocycles. The van der Waals surface area contributed by atoms with Gasteiger partial charge in [-0.3, -0.25) is 9.69 Å². The molecule has 0 bridgehead atoms. The number of benzene rings is 1. The lowest BCUT2D eigenvalue weighted by molar-refractivity contribution is -0.122. The van der Waals surface area contributed by atoms with E-state index < -0.39 is 0 Å². The third kappa shape index (κ3) is 4.58. The molecule has 2 rings (SSSR count). The lowest BCUT2D eigenvalue weighted by Crippen LogP contribution is -2.39. The van der Waals surface area contributed by atoms with Crippen LogP contribution in [0.4, 0.5) is 0 Å². The first-order chi connectivity index (χ1) is 9.66. The fourth-order valence-corrected chi connectivity index (χ4v) is 3.08. The Morgan fingerprint density at radius 1 is 1.40 bits per heavy atom. The Balaban J connectivity index is 1.86. The maximum atomic E-state index is 12.1. The minimum atomic E-state index is 0.0168. The Kier molecular flexibility index (Phi) is 6.01. The molecule has 0 radical (unpaired) electrons. The summed E-state index contributed by atoms with van der Waals surface area (Å²) in [5.41, 5.74) is 1.11. The molecule has 1 unspecified atom stereocenters. The van der Waals surface area contributed by atoms with Gasteiger partial charge in [0.05, 0.1) is 12.6 Å². The van der Waals surface area contributed by atoms with Crippen LogP contribution < -0.4 is 10.6 Å². The summed E-state index contributed by atoms with van der Waals surface area (Å²) in [5.74, 6) is 0.0927. The number of rotatable bonds is 4. The van der Waals surface area contributed by atoms with Crippen molar-refractivity contribution >= 4 is 21.8 Å². The number of hydrogen-bond acceptors (Lipinski definition) is 3. The van der Waals surface area contributed by atoms with Crippen LogP contribution in [0.3, 0.4) is 0 Å². The van der Waals surface area contributed by atoms with Crippen molar-refractivity contribution in [3.8, 4) is 0 Å². The molecule has 2 N–H and O–H groups in total. The predicted molar refractivity (Wildman–Crippen MR) is 84.6 cm³/mol. The molecule has 1 atom stereocenters. The van der Waals surface area contributed by atoms with E-state index in [-0.39, 0.29) is 11.9 Å². The molecule has 1 saturated heterocycles. The fourth-order valence-electron chi connectivity index (χ4n) is 2.45. The molecule has 1 aromatic rings. The highest BCUT2D eigenvalue weighted by atomic mass is 79.9. The highest BCUT2D eigenvalue weighted by Gasteiger charge is 2.16. The number of amides is 1. The van der Waals surface area contributed by atoms with Gasteiger partial charge in [0.25, 0.3) is 0 Å². The quantitative estimate of drug-likeness (QED) is 0.880. The highest BCUT2D eigenvalue weighted by Crippen LogP contribution is 2.22. The molecule has 4 nitrogen and oxygen atoms in total. The average Bonchev–Trinajstić information content (AvgIpc) is 2.67. The molecule has 1 aromatic carbocycles. The van der Waals surface area contributed by atoms with Gasteiger partial charge in [-0.05, 0) is 38.1 Å². The molecule has 5 heteroatoms. The topological polar surface area (TPSA) is 44.4 Å². The van der Waals surface area contributed by atoms with Gasteiger partial charge < -0.3 is 10.6 Å². The first kappa shape index (κ1) is 15.5. The molecule has 110 valence electrons. The first-order valence-electron chi connectivity index (χ1n) is 7.13. The molecule has 0 saturated carbocycles. The van der Waals surface area contributed by atoms with Gasteiger partial charge in [0.15, 0.2) is 0 Å². The molecule has 20 heavy (non-hydrogen) atoms. The van der Waals surface area contributed by atoms with Gasteiger partial charge in [-0.2, -0.15) is 0 Å². The van der Waals surface area contributed by atoms with Gasteiger partial charge in [-0.25, -0.2) is 0 Å². The lowest BCUT2D eigenvalue weighted by Gasteiger charge is -2.21. The van der Waals surface area contributed by atoms with Crippen molar-refractivity contribution in [1.29, 1.82) is 0 Å². The van der Waals surface area contributed by atoms with Gasteiger partial charge in [0.1, 0.15) is 0 Å². The maximum Gasteiger partial charge on any atom is 0.234 e. The van der Waals surface area contributed by atoms with Crippen LogP contribution in [0.5, 0.6) is 0 Å². The van der Waals surface area contributed by atoms with E-state index in [9.17, 15) is 4.79 Å². The molecule has 0 spiro atoms. The van der Waals surface area contributed by atoms with E-state index in [1.165, 1.54) is 0 Å². The second-order valence-corrected chi connectivity index (χ2v) is 6.04. The van der Waals surface area contributed by atoms with E-state index in [1.54, 1.807) is 0 Å². The summed E-state index contributed by atoms with van der Waals surface area (Å²) in [4.78, 5) is 14.3. The van der Waals surface area contributed by atoms with Gasteiger partial charge in [-0.15, -0.1) is 0 Å². The fraction of sp³-hybridized carbons (Fsp3) is 0.533. The van der Waals surface area contributed by atoms with Crippen LogP contribution in [0, 0.1) is 0 Å². The monoisotopic (exact) mass is 339 g/mol. The van der Waals surface area contributed by atoms with Crippen LogP contribution in [-0.4, -0.2) is 43.5 Å². The van der Waals surface area contributed by atoms with Crippen LogP contribution in [0.15, 0.2) is 28.7 Å². The Bertz CT molecular complexity index is 444. The third-order valence-corrected chi connectivity index (χ3v) is 4.27. The molecule has 1 fully saturated rings. The number of halogens is 1.